The monoisotopic (exact) mass is 268 g/mol. The van der Waals surface area contributed by atoms with Crippen molar-refractivity contribution in [1.29, 1.82) is 0 Å². The van der Waals surface area contributed by atoms with Crippen LogP contribution in [0.4, 0.5) is 13.2 Å². The van der Waals surface area contributed by atoms with Gasteiger partial charge in [-0.1, -0.05) is 0 Å². The van der Waals surface area contributed by atoms with E-state index in [2.05, 4.69) is 5.32 Å². The van der Waals surface area contributed by atoms with Gasteiger partial charge in [0.2, 0.25) is 5.91 Å². The van der Waals surface area contributed by atoms with Crippen LogP contribution in [0.15, 0.2) is 0 Å². The maximum absolute atomic E-state index is 13.1. The van der Waals surface area contributed by atoms with Crippen LogP contribution in [0.1, 0.15) is 19.8 Å². The molecule has 0 aliphatic carbocycles. The highest BCUT2D eigenvalue weighted by molar-refractivity contribution is 5.84. The van der Waals surface area contributed by atoms with Gasteiger partial charge >= 0.3 is 6.18 Å². The number of alkyl halides is 3. The van der Waals surface area contributed by atoms with Gasteiger partial charge < -0.3 is 15.3 Å². The number of nitrogens with one attached hydrogen (secondary N) is 1. The zero-order chi connectivity index (χ0) is 13.8. The summed E-state index contributed by atoms with van der Waals surface area (Å²) in [4.78, 5) is 13.3. The first-order valence-electron chi connectivity index (χ1n) is 6.06. The van der Waals surface area contributed by atoms with E-state index in [4.69, 9.17) is 5.11 Å². The molecule has 0 spiro atoms. The number of aliphatic hydroxyl groups is 1. The van der Waals surface area contributed by atoms with Gasteiger partial charge in [-0.05, 0) is 26.3 Å². The Morgan fingerprint density at radius 2 is 2.17 bits per heavy atom. The van der Waals surface area contributed by atoms with Gasteiger partial charge in [-0.3, -0.25) is 4.79 Å². The predicted molar refractivity (Wildman–Crippen MR) is 59.9 cm³/mol. The average molecular weight is 268 g/mol. The fourth-order valence-electron chi connectivity index (χ4n) is 2.21. The van der Waals surface area contributed by atoms with Crippen LogP contribution in [-0.2, 0) is 4.79 Å². The highest BCUT2D eigenvalue weighted by Crippen LogP contribution is 2.44. The van der Waals surface area contributed by atoms with Crippen LogP contribution in [0.3, 0.4) is 0 Å². The summed E-state index contributed by atoms with van der Waals surface area (Å²) in [5.41, 5.74) is -2.29. The molecule has 4 nitrogen and oxygen atoms in total. The van der Waals surface area contributed by atoms with E-state index in [0.29, 0.717) is 6.42 Å². The highest BCUT2D eigenvalue weighted by Gasteiger charge is 2.62. The van der Waals surface area contributed by atoms with Crippen molar-refractivity contribution in [3.8, 4) is 0 Å². The molecule has 0 bridgehead atoms. The molecule has 1 amide bonds. The largest absolute Gasteiger partial charge is 0.404 e. The summed E-state index contributed by atoms with van der Waals surface area (Å²) >= 11 is 0. The molecule has 0 aromatic rings. The Balaban J connectivity index is 2.88. The number of hydrogen-bond acceptors (Lipinski definition) is 3. The minimum Gasteiger partial charge on any atom is -0.396 e. The van der Waals surface area contributed by atoms with Crippen LogP contribution in [0.5, 0.6) is 0 Å². The van der Waals surface area contributed by atoms with E-state index in [1.807, 2.05) is 0 Å². The number of hydrogen-bond donors (Lipinski definition) is 2. The summed E-state index contributed by atoms with van der Waals surface area (Å²) in [5, 5.41) is 11.3. The summed E-state index contributed by atoms with van der Waals surface area (Å²) in [6.45, 7) is 1.72. The molecule has 1 fully saturated rings. The van der Waals surface area contributed by atoms with Gasteiger partial charge in [-0.2, -0.15) is 13.2 Å². The molecule has 0 aromatic heterocycles. The maximum Gasteiger partial charge on any atom is 0.404 e. The molecular formula is C11H19F3N2O2. The zero-order valence-corrected chi connectivity index (χ0v) is 10.4. The molecule has 18 heavy (non-hydrogen) atoms. The highest BCUT2D eigenvalue weighted by atomic mass is 19.4. The van der Waals surface area contributed by atoms with Crippen molar-refractivity contribution < 1.29 is 23.1 Å². The van der Waals surface area contributed by atoms with E-state index in [1.54, 1.807) is 6.92 Å². The molecule has 0 radical (unpaired) electrons. The second kappa shape index (κ2) is 5.88. The Hall–Kier alpha value is -0.820. The predicted octanol–water partition coefficient (Wildman–Crippen LogP) is 0.759. The van der Waals surface area contributed by atoms with Gasteiger partial charge in [-0.25, -0.2) is 0 Å². The number of amides is 1. The van der Waals surface area contributed by atoms with Gasteiger partial charge in [-0.15, -0.1) is 0 Å². The van der Waals surface area contributed by atoms with Crippen LogP contribution in [-0.4, -0.2) is 54.9 Å². The number of carbonyl (C=O) groups excluding carboxylic acids is 1. The van der Waals surface area contributed by atoms with Crippen LogP contribution in [0.25, 0.3) is 0 Å². The zero-order valence-electron chi connectivity index (χ0n) is 10.4. The number of halogens is 3. The second-order valence-corrected chi connectivity index (χ2v) is 4.47. The summed E-state index contributed by atoms with van der Waals surface area (Å²) in [5.74, 6) is -0.879. The number of rotatable bonds is 5. The molecule has 1 atom stereocenters. The Morgan fingerprint density at radius 3 is 2.56 bits per heavy atom. The Kier molecular flexibility index (Phi) is 4.98. The molecule has 0 aromatic carbocycles. The minimum absolute atomic E-state index is 0.138. The number of nitrogens with zero attached hydrogens (tertiary/aromatic N) is 1. The third kappa shape index (κ3) is 2.77. The van der Waals surface area contributed by atoms with Gasteiger partial charge in [0, 0.05) is 26.2 Å². The van der Waals surface area contributed by atoms with Gasteiger partial charge in [0.25, 0.3) is 0 Å². The first-order valence-corrected chi connectivity index (χ1v) is 6.06. The van der Waals surface area contributed by atoms with Crippen molar-refractivity contribution in [3.05, 3.63) is 0 Å². The fourth-order valence-corrected chi connectivity index (χ4v) is 2.21. The SMILES string of the molecule is CCN(CCCO)C(=O)C1(C(F)(F)F)CCNC1. The third-order valence-electron chi connectivity index (χ3n) is 3.36. The molecule has 1 unspecified atom stereocenters. The lowest BCUT2D eigenvalue weighted by atomic mass is 9.84. The summed E-state index contributed by atoms with van der Waals surface area (Å²) in [7, 11) is 0. The molecule has 0 saturated carbocycles. The lowest BCUT2D eigenvalue weighted by molar-refractivity contribution is -0.221. The Morgan fingerprint density at radius 1 is 1.50 bits per heavy atom. The summed E-state index contributed by atoms with van der Waals surface area (Å²) < 4.78 is 39.4. The fraction of sp³-hybridized carbons (Fsp3) is 0.909. The maximum atomic E-state index is 13.1. The second-order valence-electron chi connectivity index (χ2n) is 4.47. The topological polar surface area (TPSA) is 52.6 Å². The molecule has 1 heterocycles. The molecule has 7 heteroatoms. The van der Waals surface area contributed by atoms with E-state index >= 15 is 0 Å². The van der Waals surface area contributed by atoms with Crippen molar-refractivity contribution in [2.75, 3.05) is 32.8 Å². The molecule has 1 aliphatic rings. The first kappa shape index (κ1) is 15.2. The van der Waals surface area contributed by atoms with Gasteiger partial charge in [0.15, 0.2) is 5.41 Å². The van der Waals surface area contributed by atoms with Crippen LogP contribution < -0.4 is 5.32 Å². The number of carbonyl (C=O) groups is 1. The van der Waals surface area contributed by atoms with Crippen molar-refractivity contribution in [2.24, 2.45) is 5.41 Å². The molecule has 1 aliphatic heterocycles. The lowest BCUT2D eigenvalue weighted by Crippen LogP contribution is -2.53. The smallest absolute Gasteiger partial charge is 0.396 e. The molecule has 106 valence electrons. The molecular weight excluding hydrogens is 249 g/mol. The quantitative estimate of drug-likeness (QED) is 0.774. The van der Waals surface area contributed by atoms with Gasteiger partial charge in [0.05, 0.1) is 0 Å². The van der Waals surface area contributed by atoms with E-state index in [-0.39, 0.29) is 39.2 Å². The van der Waals surface area contributed by atoms with Crippen molar-refractivity contribution in [1.82, 2.24) is 10.2 Å². The molecule has 1 rings (SSSR count). The number of aliphatic hydroxyl groups excluding tert-OH is 1. The van der Waals surface area contributed by atoms with E-state index in [0.717, 1.165) is 0 Å². The first-order chi connectivity index (χ1) is 8.39. The average Bonchev–Trinajstić information content (AvgIpc) is 2.79. The van der Waals surface area contributed by atoms with Crippen LogP contribution >= 0.6 is 0 Å². The van der Waals surface area contributed by atoms with Crippen LogP contribution in [0.2, 0.25) is 0 Å². The van der Waals surface area contributed by atoms with E-state index in [9.17, 15) is 18.0 Å². The Labute approximate surface area is 104 Å². The van der Waals surface area contributed by atoms with Gasteiger partial charge in [0.1, 0.15) is 0 Å². The summed E-state index contributed by atoms with van der Waals surface area (Å²) in [6.07, 6.45) is -4.47. The molecule has 2 N–H and O–H groups in total. The Bertz CT molecular complexity index is 289. The normalized spacial score (nSPS) is 24.3. The van der Waals surface area contributed by atoms with Crippen molar-refractivity contribution in [3.63, 3.8) is 0 Å². The summed E-state index contributed by atoms with van der Waals surface area (Å²) in [6, 6.07) is 0. The standard InChI is InChI=1S/C11H19F3N2O2/c1-2-16(6-3-7-17)9(18)10(11(12,13)14)4-5-15-8-10/h15,17H,2-8H2,1H3. The van der Waals surface area contributed by atoms with Crippen LogP contribution in [0, 0.1) is 5.41 Å². The van der Waals surface area contributed by atoms with E-state index < -0.39 is 17.5 Å². The van der Waals surface area contributed by atoms with E-state index in [1.165, 1.54) is 4.90 Å². The van der Waals surface area contributed by atoms with Crippen molar-refractivity contribution >= 4 is 5.91 Å². The third-order valence-corrected chi connectivity index (χ3v) is 3.36. The minimum atomic E-state index is -4.54. The lowest BCUT2D eigenvalue weighted by Gasteiger charge is -2.34. The van der Waals surface area contributed by atoms with Crippen molar-refractivity contribution in [2.45, 2.75) is 25.9 Å². The molecule has 1 saturated heterocycles.